The molecule has 0 spiro atoms. The number of hydrogen-bond acceptors (Lipinski definition) is 2. The molecule has 0 aliphatic heterocycles. The average Bonchev–Trinajstić information content (AvgIpc) is 3.24. The van der Waals surface area contributed by atoms with Crippen LogP contribution >= 0.6 is 0 Å². The van der Waals surface area contributed by atoms with Crippen LogP contribution in [0.15, 0.2) is 23.0 Å². The van der Waals surface area contributed by atoms with Crippen molar-refractivity contribution >= 4 is 16.9 Å². The van der Waals surface area contributed by atoms with Gasteiger partial charge in [0.25, 0.3) is 0 Å². The molecule has 1 aromatic carbocycles. The summed E-state index contributed by atoms with van der Waals surface area (Å²) in [5.41, 5.74) is 1.78. The van der Waals surface area contributed by atoms with Crippen LogP contribution < -0.4 is 5.43 Å². The molecule has 0 unspecified atom stereocenters. The number of pyridine rings is 1. The van der Waals surface area contributed by atoms with Gasteiger partial charge in [-0.15, -0.1) is 0 Å². The fourth-order valence-electron chi connectivity index (χ4n) is 2.88. The van der Waals surface area contributed by atoms with Gasteiger partial charge >= 0.3 is 5.97 Å². The van der Waals surface area contributed by atoms with E-state index in [1.54, 1.807) is 6.07 Å². The van der Waals surface area contributed by atoms with Crippen LogP contribution in [0.2, 0.25) is 0 Å². The molecule has 3 rings (SSSR count). The van der Waals surface area contributed by atoms with E-state index in [0.29, 0.717) is 17.0 Å². The lowest BCUT2D eigenvalue weighted by Crippen LogP contribution is -2.19. The number of fused-ring (bicyclic) bond motifs is 1. The van der Waals surface area contributed by atoms with E-state index in [1.165, 1.54) is 12.1 Å². The SMILES string of the molecule is Cc1c(CCC(=O)O)c(=O)c2cc(F)ccc2n1C1CC1. The van der Waals surface area contributed by atoms with E-state index in [4.69, 9.17) is 5.11 Å². The standard InChI is InChI=1S/C16H16FNO3/c1-9-12(5-7-15(19)20)16(21)13-8-10(17)2-6-14(13)18(9)11-3-4-11/h2,6,8,11H,3-5,7H2,1H3,(H,19,20). The molecule has 0 atom stereocenters. The number of hydrogen-bond donors (Lipinski definition) is 1. The summed E-state index contributed by atoms with van der Waals surface area (Å²) >= 11 is 0. The van der Waals surface area contributed by atoms with Crippen LogP contribution in [0.4, 0.5) is 4.39 Å². The first-order chi connectivity index (χ1) is 9.99. The fourth-order valence-corrected chi connectivity index (χ4v) is 2.88. The van der Waals surface area contributed by atoms with Gasteiger partial charge in [-0.2, -0.15) is 0 Å². The van der Waals surface area contributed by atoms with Gasteiger partial charge in [0.05, 0.1) is 5.52 Å². The summed E-state index contributed by atoms with van der Waals surface area (Å²) in [6.07, 6.45) is 2.16. The molecule has 2 aromatic rings. The summed E-state index contributed by atoms with van der Waals surface area (Å²) in [4.78, 5) is 23.3. The molecule has 1 aliphatic carbocycles. The highest BCUT2D eigenvalue weighted by Crippen LogP contribution is 2.38. The second-order valence-corrected chi connectivity index (χ2v) is 5.55. The van der Waals surface area contributed by atoms with Crippen molar-refractivity contribution in [3.63, 3.8) is 0 Å². The predicted molar refractivity (Wildman–Crippen MR) is 77.1 cm³/mol. The highest BCUT2D eigenvalue weighted by molar-refractivity contribution is 5.81. The maximum Gasteiger partial charge on any atom is 0.303 e. The maximum atomic E-state index is 13.5. The van der Waals surface area contributed by atoms with Crippen molar-refractivity contribution in [3.05, 3.63) is 45.5 Å². The first-order valence-electron chi connectivity index (χ1n) is 7.04. The molecule has 1 saturated carbocycles. The van der Waals surface area contributed by atoms with E-state index in [-0.39, 0.29) is 18.3 Å². The zero-order valence-electron chi connectivity index (χ0n) is 11.7. The van der Waals surface area contributed by atoms with Crippen molar-refractivity contribution in [2.24, 2.45) is 0 Å². The summed E-state index contributed by atoms with van der Waals surface area (Å²) in [5.74, 6) is -1.39. The largest absolute Gasteiger partial charge is 0.481 e. The van der Waals surface area contributed by atoms with E-state index in [9.17, 15) is 14.0 Å². The molecule has 0 saturated heterocycles. The highest BCUT2D eigenvalue weighted by atomic mass is 19.1. The average molecular weight is 289 g/mol. The second kappa shape index (κ2) is 4.98. The fraction of sp³-hybridized carbons (Fsp3) is 0.375. The minimum Gasteiger partial charge on any atom is -0.481 e. The van der Waals surface area contributed by atoms with Crippen LogP contribution in [0.25, 0.3) is 10.9 Å². The normalized spacial score (nSPS) is 14.6. The zero-order chi connectivity index (χ0) is 15.1. The first kappa shape index (κ1) is 13.8. The molecule has 21 heavy (non-hydrogen) atoms. The Kier molecular flexibility index (Phi) is 3.27. The van der Waals surface area contributed by atoms with Crippen LogP contribution in [-0.4, -0.2) is 15.6 Å². The molecule has 1 heterocycles. The topological polar surface area (TPSA) is 59.3 Å². The van der Waals surface area contributed by atoms with Crippen molar-refractivity contribution in [2.75, 3.05) is 0 Å². The number of benzene rings is 1. The summed E-state index contributed by atoms with van der Waals surface area (Å²) in [5, 5.41) is 9.18. The Hall–Kier alpha value is -2.17. The number of carboxylic acids is 1. The summed E-state index contributed by atoms with van der Waals surface area (Å²) < 4.78 is 15.5. The van der Waals surface area contributed by atoms with Crippen molar-refractivity contribution in [1.82, 2.24) is 4.57 Å². The molecule has 4 nitrogen and oxygen atoms in total. The smallest absolute Gasteiger partial charge is 0.303 e. The van der Waals surface area contributed by atoms with E-state index in [0.717, 1.165) is 24.1 Å². The van der Waals surface area contributed by atoms with E-state index in [1.807, 2.05) is 6.92 Å². The summed E-state index contributed by atoms with van der Waals surface area (Å²) in [6.45, 7) is 1.85. The number of aromatic nitrogens is 1. The number of carboxylic acid groups (broad SMARTS) is 1. The maximum absolute atomic E-state index is 13.5. The van der Waals surface area contributed by atoms with Gasteiger partial charge in [0.1, 0.15) is 5.82 Å². The predicted octanol–water partition coefficient (Wildman–Crippen LogP) is 2.80. The summed E-state index contributed by atoms with van der Waals surface area (Å²) in [7, 11) is 0. The molecule has 0 radical (unpaired) electrons. The molecule has 1 N–H and O–H groups in total. The molecule has 5 heteroatoms. The Balaban J connectivity index is 2.26. The van der Waals surface area contributed by atoms with E-state index < -0.39 is 11.8 Å². The number of halogens is 1. The third-order valence-corrected chi connectivity index (χ3v) is 4.04. The lowest BCUT2D eigenvalue weighted by atomic mass is 10.0. The monoisotopic (exact) mass is 289 g/mol. The van der Waals surface area contributed by atoms with Crippen molar-refractivity contribution in [3.8, 4) is 0 Å². The Morgan fingerprint density at radius 1 is 1.43 bits per heavy atom. The van der Waals surface area contributed by atoms with Crippen molar-refractivity contribution in [2.45, 2.75) is 38.6 Å². The Labute approximate surface area is 120 Å². The molecular formula is C16H16FNO3. The van der Waals surface area contributed by atoms with Crippen LogP contribution in [0.3, 0.4) is 0 Å². The van der Waals surface area contributed by atoms with Crippen molar-refractivity contribution in [1.29, 1.82) is 0 Å². The lowest BCUT2D eigenvalue weighted by Gasteiger charge is -2.17. The molecule has 1 aromatic heterocycles. The third-order valence-electron chi connectivity index (χ3n) is 4.04. The minimum atomic E-state index is -0.939. The molecule has 0 amide bonds. The van der Waals surface area contributed by atoms with Gasteiger partial charge in [0.2, 0.25) is 0 Å². The number of rotatable bonds is 4. The first-order valence-corrected chi connectivity index (χ1v) is 7.04. The van der Waals surface area contributed by atoms with Gasteiger partial charge in [-0.05, 0) is 44.4 Å². The summed E-state index contributed by atoms with van der Waals surface area (Å²) in [6, 6.07) is 4.58. The van der Waals surface area contributed by atoms with Crippen LogP contribution in [-0.2, 0) is 11.2 Å². The third kappa shape index (κ3) is 2.44. The van der Waals surface area contributed by atoms with Gasteiger partial charge < -0.3 is 9.67 Å². The van der Waals surface area contributed by atoms with Crippen LogP contribution in [0.1, 0.15) is 36.6 Å². The van der Waals surface area contributed by atoms with E-state index in [2.05, 4.69) is 4.57 Å². The van der Waals surface area contributed by atoms with E-state index >= 15 is 0 Å². The van der Waals surface area contributed by atoms with Gasteiger partial charge in [-0.25, -0.2) is 4.39 Å². The quantitative estimate of drug-likeness (QED) is 0.941. The van der Waals surface area contributed by atoms with Crippen LogP contribution in [0, 0.1) is 12.7 Å². The molecule has 110 valence electrons. The Morgan fingerprint density at radius 2 is 2.14 bits per heavy atom. The number of carbonyl (C=O) groups is 1. The zero-order valence-corrected chi connectivity index (χ0v) is 11.7. The van der Waals surface area contributed by atoms with Gasteiger partial charge in [0, 0.05) is 29.1 Å². The Bertz CT molecular complexity index is 790. The molecule has 0 bridgehead atoms. The number of aliphatic carboxylic acids is 1. The van der Waals surface area contributed by atoms with Gasteiger partial charge in [-0.3, -0.25) is 9.59 Å². The van der Waals surface area contributed by atoms with Crippen molar-refractivity contribution < 1.29 is 14.3 Å². The molecular weight excluding hydrogens is 273 g/mol. The number of nitrogens with zero attached hydrogens (tertiary/aromatic N) is 1. The molecule has 1 fully saturated rings. The molecule has 1 aliphatic rings. The minimum absolute atomic E-state index is 0.0957. The Morgan fingerprint density at radius 3 is 2.76 bits per heavy atom. The van der Waals surface area contributed by atoms with Gasteiger partial charge in [0.15, 0.2) is 5.43 Å². The van der Waals surface area contributed by atoms with Gasteiger partial charge in [-0.1, -0.05) is 0 Å². The van der Waals surface area contributed by atoms with Crippen LogP contribution in [0.5, 0.6) is 0 Å². The lowest BCUT2D eigenvalue weighted by molar-refractivity contribution is -0.136. The second-order valence-electron chi connectivity index (χ2n) is 5.55. The highest BCUT2D eigenvalue weighted by Gasteiger charge is 2.27.